The number of hydrogen-bond acceptors (Lipinski definition) is 5. The zero-order chi connectivity index (χ0) is 27.0. The van der Waals surface area contributed by atoms with Gasteiger partial charge in [-0.3, -0.25) is 4.79 Å². The minimum Gasteiger partial charge on any atom is -0.486 e. The molecule has 7 nitrogen and oxygen atoms in total. The number of nitrogens with one attached hydrogen (secondary N) is 1. The minimum absolute atomic E-state index is 0.148. The third-order valence-electron chi connectivity index (χ3n) is 6.87. The van der Waals surface area contributed by atoms with Crippen LogP contribution in [-0.4, -0.2) is 34.5 Å². The van der Waals surface area contributed by atoms with Gasteiger partial charge in [-0.1, -0.05) is 43.0 Å². The smallest absolute Gasteiger partial charge is 0.330 e. The van der Waals surface area contributed by atoms with Gasteiger partial charge in [0.05, 0.1) is 31.5 Å². The molecule has 0 spiro atoms. The van der Waals surface area contributed by atoms with E-state index in [1.165, 1.54) is 4.68 Å². The molecule has 4 aromatic rings. The molecule has 0 radical (unpaired) electrons. The van der Waals surface area contributed by atoms with E-state index in [1.54, 1.807) is 18.3 Å². The molecule has 1 saturated heterocycles. The van der Waals surface area contributed by atoms with Gasteiger partial charge in [0.15, 0.2) is 6.20 Å². The number of rotatable bonds is 7. The van der Waals surface area contributed by atoms with Crippen LogP contribution in [0, 0.1) is 17.8 Å². The summed E-state index contributed by atoms with van der Waals surface area (Å²) in [6, 6.07) is 19.3. The zero-order valence-corrected chi connectivity index (χ0v) is 22.6. The summed E-state index contributed by atoms with van der Waals surface area (Å²) >= 11 is 0. The van der Waals surface area contributed by atoms with E-state index in [9.17, 15) is 4.79 Å². The van der Waals surface area contributed by atoms with Crippen LogP contribution < -0.4 is 20.2 Å². The van der Waals surface area contributed by atoms with Crippen LogP contribution in [0.15, 0.2) is 77.9 Å². The standard InChI is InChI=1S/C32H34N5O2/c1-3-4-7-24-8-5-10-27(18-24)30-12-13-31(38)37(35-30)21-26-9-6-11-28(19-26)32-34-20-29(22-36(32)2)39-23-25-14-16-33-17-15-25/h5-6,8-13,18-20,22,25,33H,3,14-17,21,23H2,1-2H3/q+1. The van der Waals surface area contributed by atoms with Gasteiger partial charge in [0, 0.05) is 23.6 Å². The van der Waals surface area contributed by atoms with Crippen LogP contribution in [0.3, 0.4) is 0 Å². The zero-order valence-electron chi connectivity index (χ0n) is 22.6. The first-order valence-electron chi connectivity index (χ1n) is 13.5. The molecule has 39 heavy (non-hydrogen) atoms. The van der Waals surface area contributed by atoms with E-state index in [1.807, 2.05) is 67.2 Å². The second-order valence-corrected chi connectivity index (χ2v) is 9.88. The van der Waals surface area contributed by atoms with Crippen molar-refractivity contribution in [3.63, 3.8) is 0 Å². The number of aromatic nitrogens is 4. The second-order valence-electron chi connectivity index (χ2n) is 9.88. The molecule has 3 heterocycles. The molecule has 2 aromatic heterocycles. The van der Waals surface area contributed by atoms with Crippen molar-refractivity contribution in [2.24, 2.45) is 13.0 Å². The Labute approximate surface area is 229 Å². The Morgan fingerprint density at radius 3 is 2.72 bits per heavy atom. The molecule has 1 aliphatic heterocycles. The van der Waals surface area contributed by atoms with E-state index in [0.29, 0.717) is 12.5 Å². The average Bonchev–Trinajstić information content (AvgIpc) is 2.97. The highest BCUT2D eigenvalue weighted by molar-refractivity contribution is 5.61. The molecule has 5 rings (SSSR count). The highest BCUT2D eigenvalue weighted by Gasteiger charge is 2.18. The molecule has 1 aliphatic rings. The molecule has 7 heteroatoms. The maximum atomic E-state index is 12.7. The van der Waals surface area contributed by atoms with Crippen molar-refractivity contribution in [2.75, 3.05) is 19.7 Å². The lowest BCUT2D eigenvalue weighted by Gasteiger charge is -2.22. The van der Waals surface area contributed by atoms with Gasteiger partial charge in [0.1, 0.15) is 6.20 Å². The molecular formula is C32H34N5O2+. The SMILES string of the molecule is CCC#Cc1cccc(-c2ccc(=O)n(Cc3cccc(-c4ncc(OCC5CCNCC5)c[n+]4C)c3)n2)c1. The molecular weight excluding hydrogens is 486 g/mol. The Hall–Kier alpha value is -4.28. The molecule has 0 saturated carbocycles. The Balaban J connectivity index is 1.33. The number of aryl methyl sites for hydroxylation is 1. The highest BCUT2D eigenvalue weighted by atomic mass is 16.5. The Morgan fingerprint density at radius 2 is 1.90 bits per heavy atom. The Kier molecular flexibility index (Phi) is 8.45. The van der Waals surface area contributed by atoms with Crippen molar-refractivity contribution in [3.05, 3.63) is 94.5 Å². The number of piperidine rings is 1. The maximum Gasteiger partial charge on any atom is 0.330 e. The van der Waals surface area contributed by atoms with Gasteiger partial charge in [-0.15, -0.1) is 0 Å². The van der Waals surface area contributed by atoms with E-state index in [0.717, 1.165) is 78.5 Å². The summed E-state index contributed by atoms with van der Waals surface area (Å²) in [5, 5.41) is 8.05. The number of nitrogens with zero attached hydrogens (tertiary/aromatic N) is 4. The first-order valence-corrected chi connectivity index (χ1v) is 13.5. The summed E-state index contributed by atoms with van der Waals surface area (Å²) in [7, 11) is 1.97. The first kappa shape index (κ1) is 26.3. The molecule has 1 N–H and O–H groups in total. The molecule has 0 atom stereocenters. The van der Waals surface area contributed by atoms with Gasteiger partial charge in [-0.25, -0.2) is 9.25 Å². The van der Waals surface area contributed by atoms with Crippen LogP contribution in [0.2, 0.25) is 0 Å². The fourth-order valence-corrected chi connectivity index (χ4v) is 4.76. The van der Waals surface area contributed by atoms with Crippen molar-refractivity contribution < 1.29 is 9.30 Å². The summed E-state index contributed by atoms with van der Waals surface area (Å²) in [5.74, 6) is 8.44. The first-order chi connectivity index (χ1) is 19.1. The summed E-state index contributed by atoms with van der Waals surface area (Å²) in [5.41, 5.74) is 4.38. The summed E-state index contributed by atoms with van der Waals surface area (Å²) in [4.78, 5) is 17.4. The predicted octanol–water partition coefficient (Wildman–Crippen LogP) is 3.99. The monoisotopic (exact) mass is 520 g/mol. The van der Waals surface area contributed by atoms with Crippen molar-refractivity contribution in [3.8, 4) is 40.2 Å². The van der Waals surface area contributed by atoms with Crippen LogP contribution in [0.5, 0.6) is 5.75 Å². The van der Waals surface area contributed by atoms with E-state index < -0.39 is 0 Å². The largest absolute Gasteiger partial charge is 0.486 e. The molecule has 198 valence electrons. The van der Waals surface area contributed by atoms with E-state index >= 15 is 0 Å². The van der Waals surface area contributed by atoms with Crippen LogP contribution in [0.1, 0.15) is 37.3 Å². The Bertz CT molecular complexity index is 1560. The molecule has 0 bridgehead atoms. The van der Waals surface area contributed by atoms with Gasteiger partial charge >= 0.3 is 5.82 Å². The normalized spacial score (nSPS) is 13.5. The number of benzene rings is 2. The van der Waals surface area contributed by atoms with Crippen LogP contribution in [0.4, 0.5) is 0 Å². The van der Waals surface area contributed by atoms with Gasteiger partial charge in [0.2, 0.25) is 5.75 Å². The Morgan fingerprint density at radius 1 is 1.08 bits per heavy atom. The minimum atomic E-state index is -0.148. The van der Waals surface area contributed by atoms with Crippen molar-refractivity contribution >= 4 is 0 Å². The van der Waals surface area contributed by atoms with Gasteiger partial charge in [-0.05, 0) is 72.7 Å². The van der Waals surface area contributed by atoms with Crippen LogP contribution >= 0.6 is 0 Å². The van der Waals surface area contributed by atoms with E-state index in [-0.39, 0.29) is 5.56 Å². The lowest BCUT2D eigenvalue weighted by Crippen LogP contribution is -2.33. The molecule has 0 amide bonds. The molecule has 1 fully saturated rings. The fourth-order valence-electron chi connectivity index (χ4n) is 4.76. The fraction of sp³-hybridized carbons (Fsp3) is 0.312. The van der Waals surface area contributed by atoms with Crippen molar-refractivity contribution in [1.82, 2.24) is 20.1 Å². The number of ether oxygens (including phenoxy) is 1. The van der Waals surface area contributed by atoms with Gasteiger partial charge in [-0.2, -0.15) is 5.10 Å². The van der Waals surface area contributed by atoms with Gasteiger partial charge < -0.3 is 10.1 Å². The van der Waals surface area contributed by atoms with Crippen LogP contribution in [-0.2, 0) is 13.6 Å². The lowest BCUT2D eigenvalue weighted by molar-refractivity contribution is -0.663. The molecule has 2 aromatic carbocycles. The highest BCUT2D eigenvalue weighted by Crippen LogP contribution is 2.20. The van der Waals surface area contributed by atoms with E-state index in [2.05, 4.69) is 28.3 Å². The summed E-state index contributed by atoms with van der Waals surface area (Å²) in [6.07, 6.45) is 6.86. The molecule has 0 aliphatic carbocycles. The quantitative estimate of drug-likeness (QED) is 0.295. The maximum absolute atomic E-state index is 12.7. The molecule has 0 unspecified atom stereocenters. The number of hydrogen-bond donors (Lipinski definition) is 1. The average molecular weight is 521 g/mol. The predicted molar refractivity (Wildman–Crippen MR) is 152 cm³/mol. The summed E-state index contributed by atoms with van der Waals surface area (Å²) in [6.45, 7) is 5.22. The van der Waals surface area contributed by atoms with Gasteiger partial charge in [0.25, 0.3) is 5.56 Å². The van der Waals surface area contributed by atoms with Crippen molar-refractivity contribution in [2.45, 2.75) is 32.7 Å². The van der Waals surface area contributed by atoms with Crippen LogP contribution in [0.25, 0.3) is 22.6 Å². The third kappa shape index (κ3) is 6.78. The van der Waals surface area contributed by atoms with Crippen molar-refractivity contribution in [1.29, 1.82) is 0 Å². The third-order valence-corrected chi connectivity index (χ3v) is 6.87. The van der Waals surface area contributed by atoms with E-state index in [4.69, 9.17) is 9.72 Å². The summed E-state index contributed by atoms with van der Waals surface area (Å²) < 4.78 is 9.53. The lowest BCUT2D eigenvalue weighted by atomic mass is 9.99. The second kappa shape index (κ2) is 12.5. The topological polar surface area (TPSA) is 72.9 Å².